The van der Waals surface area contributed by atoms with E-state index in [9.17, 15) is 13.2 Å². The molecular weight excluding hydrogens is 555 g/mol. The molecule has 0 N–H and O–H groups in total. The Labute approximate surface area is 241 Å². The number of hydrogen-bond acceptors (Lipinski definition) is 6. The average Bonchev–Trinajstić information content (AvgIpc) is 3.66. The van der Waals surface area contributed by atoms with Gasteiger partial charge >= 0.3 is 0 Å². The molecule has 0 saturated carbocycles. The molecule has 3 aromatic heterocycles. The molecule has 0 aliphatic rings. The van der Waals surface area contributed by atoms with Gasteiger partial charge in [0.2, 0.25) is 10.0 Å². The second-order valence-electron chi connectivity index (χ2n) is 9.78. The molecular formula is C31H29N5O3S2. The number of hydrogen-bond donors (Lipinski definition) is 0. The highest BCUT2D eigenvalue weighted by Crippen LogP contribution is 2.28. The molecule has 6 rings (SSSR count). The summed E-state index contributed by atoms with van der Waals surface area (Å²) in [6.45, 7) is 4.87. The third-order valence-corrected chi connectivity index (χ3v) is 9.75. The van der Waals surface area contributed by atoms with Crippen molar-refractivity contribution in [1.82, 2.24) is 23.5 Å². The molecule has 6 aromatic rings. The zero-order valence-corrected chi connectivity index (χ0v) is 24.4. The molecule has 0 atom stereocenters. The predicted molar refractivity (Wildman–Crippen MR) is 164 cm³/mol. The molecule has 0 spiro atoms. The fourth-order valence-corrected chi connectivity index (χ4v) is 7.64. The maximum absolute atomic E-state index is 13.6. The molecule has 0 saturated heterocycles. The number of imidazole rings is 1. The second-order valence-corrected chi connectivity index (χ2v) is 12.7. The van der Waals surface area contributed by atoms with Crippen molar-refractivity contribution in [2.24, 2.45) is 0 Å². The van der Waals surface area contributed by atoms with Crippen molar-refractivity contribution in [3.63, 3.8) is 0 Å². The Balaban J connectivity index is 1.52. The van der Waals surface area contributed by atoms with Gasteiger partial charge in [0, 0.05) is 30.4 Å². The van der Waals surface area contributed by atoms with E-state index in [1.165, 1.54) is 15.6 Å². The van der Waals surface area contributed by atoms with E-state index < -0.39 is 10.0 Å². The van der Waals surface area contributed by atoms with Crippen molar-refractivity contribution < 1.29 is 8.42 Å². The van der Waals surface area contributed by atoms with Crippen molar-refractivity contribution in [2.45, 2.75) is 31.6 Å². The first-order valence-corrected chi connectivity index (χ1v) is 15.8. The summed E-state index contributed by atoms with van der Waals surface area (Å²) in [7, 11) is -3.68. The third-order valence-electron chi connectivity index (χ3n) is 6.89. The molecule has 0 unspecified atom stereocenters. The van der Waals surface area contributed by atoms with Crippen LogP contribution in [-0.2, 0) is 10.0 Å². The van der Waals surface area contributed by atoms with Crippen molar-refractivity contribution in [3.05, 3.63) is 106 Å². The fourth-order valence-electron chi connectivity index (χ4n) is 4.99. The number of aromatic nitrogens is 4. The first-order chi connectivity index (χ1) is 19.9. The summed E-state index contributed by atoms with van der Waals surface area (Å²) in [5, 5.41) is 4.87. The summed E-state index contributed by atoms with van der Waals surface area (Å²) < 4.78 is 32.6. The molecule has 8 nitrogen and oxygen atoms in total. The molecule has 0 fully saturated rings. The number of rotatable bonds is 9. The van der Waals surface area contributed by atoms with Crippen LogP contribution in [0.5, 0.6) is 0 Å². The first kappa shape index (κ1) is 27.1. The van der Waals surface area contributed by atoms with E-state index in [2.05, 4.69) is 4.98 Å². The zero-order valence-electron chi connectivity index (χ0n) is 22.8. The second kappa shape index (κ2) is 11.0. The SMILES string of the molecule is CCCN(CCC)S(=O)(=O)c1cccc(-c2nn(-c3ccccc3)cc2/C=c2\sc3nc4ccccc4n3c2=O)c1. The fraction of sp³-hybridized carbons (Fsp3) is 0.194. The van der Waals surface area contributed by atoms with E-state index in [1.54, 1.807) is 27.3 Å². The normalized spacial score (nSPS) is 12.7. The maximum Gasteiger partial charge on any atom is 0.274 e. The van der Waals surface area contributed by atoms with Crippen LogP contribution >= 0.6 is 11.3 Å². The van der Waals surface area contributed by atoms with E-state index in [4.69, 9.17) is 5.10 Å². The van der Waals surface area contributed by atoms with Crippen LogP contribution in [0.15, 0.2) is 94.7 Å². The number of fused-ring (bicyclic) bond motifs is 3. The summed E-state index contributed by atoms with van der Waals surface area (Å²) in [5.41, 5.74) is 4.18. The summed E-state index contributed by atoms with van der Waals surface area (Å²) in [4.78, 5) is 19.0. The van der Waals surface area contributed by atoms with Crippen LogP contribution in [0, 0.1) is 0 Å². The number of thiazole rings is 1. The van der Waals surface area contributed by atoms with Gasteiger partial charge in [-0.05, 0) is 55.3 Å². The lowest BCUT2D eigenvalue weighted by atomic mass is 10.1. The van der Waals surface area contributed by atoms with Crippen LogP contribution in [0.2, 0.25) is 0 Å². The molecule has 41 heavy (non-hydrogen) atoms. The molecule has 208 valence electrons. The average molecular weight is 584 g/mol. The van der Waals surface area contributed by atoms with Gasteiger partial charge in [0.15, 0.2) is 4.96 Å². The third kappa shape index (κ3) is 4.99. The Hall–Kier alpha value is -4.12. The summed E-state index contributed by atoms with van der Waals surface area (Å²) >= 11 is 1.32. The van der Waals surface area contributed by atoms with Crippen LogP contribution in [-0.4, -0.2) is 45.0 Å². The highest BCUT2D eigenvalue weighted by Gasteiger charge is 2.24. The van der Waals surface area contributed by atoms with Crippen LogP contribution in [0.3, 0.4) is 0 Å². The van der Waals surface area contributed by atoms with Crippen molar-refractivity contribution in [2.75, 3.05) is 13.1 Å². The van der Waals surface area contributed by atoms with E-state index in [1.807, 2.05) is 86.8 Å². The number of para-hydroxylation sites is 3. The van der Waals surface area contributed by atoms with Crippen LogP contribution in [0.4, 0.5) is 0 Å². The van der Waals surface area contributed by atoms with Crippen LogP contribution in [0.1, 0.15) is 32.3 Å². The van der Waals surface area contributed by atoms with Gasteiger partial charge in [0.1, 0.15) is 5.69 Å². The quantitative estimate of drug-likeness (QED) is 0.236. The molecule has 0 bridgehead atoms. The molecule has 0 aliphatic heterocycles. The monoisotopic (exact) mass is 583 g/mol. The lowest BCUT2D eigenvalue weighted by molar-refractivity contribution is 0.410. The van der Waals surface area contributed by atoms with E-state index >= 15 is 0 Å². The molecule has 0 aliphatic carbocycles. The minimum Gasteiger partial charge on any atom is -0.267 e. The number of nitrogens with zero attached hydrogens (tertiary/aromatic N) is 5. The summed E-state index contributed by atoms with van der Waals surface area (Å²) in [6.07, 6.45) is 5.15. The number of sulfonamides is 1. The number of benzene rings is 3. The van der Waals surface area contributed by atoms with Gasteiger partial charge in [-0.25, -0.2) is 22.5 Å². The summed E-state index contributed by atoms with van der Waals surface area (Å²) in [6, 6.07) is 24.2. The minimum atomic E-state index is -3.68. The summed E-state index contributed by atoms with van der Waals surface area (Å²) in [5.74, 6) is 0. The van der Waals surface area contributed by atoms with Crippen LogP contribution in [0.25, 0.3) is 39.0 Å². The van der Waals surface area contributed by atoms with E-state index in [-0.39, 0.29) is 10.5 Å². The van der Waals surface area contributed by atoms with Gasteiger partial charge in [-0.1, -0.05) is 67.6 Å². The Morgan fingerprint density at radius 1 is 0.927 bits per heavy atom. The smallest absolute Gasteiger partial charge is 0.267 e. The Kier molecular flexibility index (Phi) is 7.29. The lowest BCUT2D eigenvalue weighted by Crippen LogP contribution is -2.32. The maximum atomic E-state index is 13.6. The first-order valence-electron chi connectivity index (χ1n) is 13.6. The minimum absolute atomic E-state index is 0.150. The van der Waals surface area contributed by atoms with Gasteiger partial charge in [0.05, 0.1) is 26.1 Å². The standard InChI is InChI=1S/C31H29N5O3S2/c1-3-17-34(18-4-2)41(38,39)25-14-10-11-22(19-25)29-23(21-35(33-29)24-12-6-5-7-13-24)20-28-30(37)36-27-16-9-8-15-26(27)32-31(36)40-28/h5-16,19-21H,3-4,17-18H2,1-2H3/b28-20-. The molecule has 0 amide bonds. The highest BCUT2D eigenvalue weighted by molar-refractivity contribution is 7.89. The van der Waals surface area contributed by atoms with Gasteiger partial charge < -0.3 is 0 Å². The topological polar surface area (TPSA) is 89.6 Å². The Morgan fingerprint density at radius 2 is 1.66 bits per heavy atom. The van der Waals surface area contributed by atoms with Crippen molar-refractivity contribution in [3.8, 4) is 16.9 Å². The molecule has 3 heterocycles. The lowest BCUT2D eigenvalue weighted by Gasteiger charge is -2.21. The van der Waals surface area contributed by atoms with Gasteiger partial charge in [0.25, 0.3) is 5.56 Å². The van der Waals surface area contributed by atoms with Crippen molar-refractivity contribution >= 4 is 43.4 Å². The van der Waals surface area contributed by atoms with Crippen molar-refractivity contribution in [1.29, 1.82) is 0 Å². The molecule has 3 aromatic carbocycles. The predicted octanol–water partition coefficient (Wildman–Crippen LogP) is 5.12. The molecule has 0 radical (unpaired) electrons. The van der Waals surface area contributed by atoms with E-state index in [0.717, 1.165) is 29.6 Å². The zero-order chi connectivity index (χ0) is 28.6. The van der Waals surface area contributed by atoms with Gasteiger partial charge in [-0.2, -0.15) is 9.40 Å². The van der Waals surface area contributed by atoms with Crippen LogP contribution < -0.4 is 10.1 Å². The van der Waals surface area contributed by atoms with Gasteiger partial charge in [-0.3, -0.25) is 4.79 Å². The largest absolute Gasteiger partial charge is 0.274 e. The molecule has 10 heteroatoms. The highest BCUT2D eigenvalue weighted by atomic mass is 32.2. The van der Waals surface area contributed by atoms with E-state index in [0.29, 0.717) is 39.4 Å². The van der Waals surface area contributed by atoms with Gasteiger partial charge in [-0.15, -0.1) is 0 Å². The Bertz CT molecular complexity index is 2070. The Morgan fingerprint density at radius 3 is 2.41 bits per heavy atom.